The van der Waals surface area contributed by atoms with Crippen LogP contribution in [0.15, 0.2) is 72.8 Å². The zero-order valence-electron chi connectivity index (χ0n) is 16.5. The van der Waals surface area contributed by atoms with Gasteiger partial charge in [-0.1, -0.05) is 35.9 Å². The number of halogens is 1. The zero-order valence-corrected chi connectivity index (χ0v) is 17.3. The molecule has 3 aromatic carbocycles. The molecule has 6 heteroatoms. The molecule has 4 rings (SSSR count). The van der Waals surface area contributed by atoms with Gasteiger partial charge in [-0.25, -0.2) is 0 Å². The van der Waals surface area contributed by atoms with E-state index in [1.54, 1.807) is 12.1 Å². The first kappa shape index (κ1) is 20.3. The first-order chi connectivity index (χ1) is 14.7. The molecule has 1 saturated heterocycles. The Morgan fingerprint density at radius 1 is 0.967 bits per heavy atom. The minimum atomic E-state index is -0.208. The van der Waals surface area contributed by atoms with Crippen molar-refractivity contribution in [2.24, 2.45) is 0 Å². The van der Waals surface area contributed by atoms with Gasteiger partial charge >= 0.3 is 0 Å². The lowest BCUT2D eigenvalue weighted by Gasteiger charge is -2.28. The molecule has 5 nitrogen and oxygen atoms in total. The third-order valence-electron chi connectivity index (χ3n) is 4.94. The van der Waals surface area contributed by atoms with E-state index in [4.69, 9.17) is 21.1 Å². The molecule has 0 radical (unpaired) electrons. The Labute approximate surface area is 181 Å². The van der Waals surface area contributed by atoms with Gasteiger partial charge in [-0.2, -0.15) is 0 Å². The van der Waals surface area contributed by atoms with E-state index in [1.165, 1.54) is 0 Å². The zero-order chi connectivity index (χ0) is 20.8. The largest absolute Gasteiger partial charge is 0.488 e. The fourth-order valence-corrected chi connectivity index (χ4v) is 3.42. The highest BCUT2D eigenvalue weighted by Crippen LogP contribution is 2.23. The lowest BCUT2D eigenvalue weighted by Crippen LogP contribution is -2.36. The number of morpholine rings is 1. The van der Waals surface area contributed by atoms with Gasteiger partial charge in [0, 0.05) is 29.5 Å². The highest BCUT2D eigenvalue weighted by molar-refractivity contribution is 6.30. The number of anilines is 2. The summed E-state index contributed by atoms with van der Waals surface area (Å²) in [6.07, 6.45) is 0. The van der Waals surface area contributed by atoms with Crippen molar-refractivity contribution >= 4 is 28.9 Å². The maximum Gasteiger partial charge on any atom is 0.259 e. The molecule has 0 saturated carbocycles. The smallest absolute Gasteiger partial charge is 0.259 e. The molecule has 30 heavy (non-hydrogen) atoms. The third-order valence-corrected chi connectivity index (χ3v) is 5.19. The van der Waals surface area contributed by atoms with Crippen molar-refractivity contribution < 1.29 is 14.3 Å². The fourth-order valence-electron chi connectivity index (χ4n) is 3.30. The van der Waals surface area contributed by atoms with Gasteiger partial charge in [0.05, 0.1) is 18.8 Å². The Bertz CT molecular complexity index is 984. The third kappa shape index (κ3) is 5.12. The molecular formula is C24H23ClN2O3. The van der Waals surface area contributed by atoms with Gasteiger partial charge in [-0.15, -0.1) is 0 Å². The van der Waals surface area contributed by atoms with Gasteiger partial charge in [0.25, 0.3) is 5.91 Å². The van der Waals surface area contributed by atoms with E-state index in [0.717, 1.165) is 43.2 Å². The SMILES string of the molecule is O=C(Nc1ccc(N2CCOCC2)cc1)c1ccccc1OCc1ccc(Cl)cc1. The number of hydrogen-bond acceptors (Lipinski definition) is 4. The minimum Gasteiger partial charge on any atom is -0.488 e. The summed E-state index contributed by atoms with van der Waals surface area (Å²) in [6.45, 7) is 3.60. The molecule has 0 atom stereocenters. The van der Waals surface area contributed by atoms with E-state index in [1.807, 2.05) is 60.7 Å². The van der Waals surface area contributed by atoms with Crippen molar-refractivity contribution in [1.82, 2.24) is 0 Å². The number of amides is 1. The summed E-state index contributed by atoms with van der Waals surface area (Å²) < 4.78 is 11.3. The molecule has 3 aromatic rings. The molecule has 1 aliphatic rings. The molecule has 1 amide bonds. The molecular weight excluding hydrogens is 400 g/mol. The topological polar surface area (TPSA) is 50.8 Å². The summed E-state index contributed by atoms with van der Waals surface area (Å²) in [5.41, 5.74) is 3.34. The summed E-state index contributed by atoms with van der Waals surface area (Å²) in [5.74, 6) is 0.329. The van der Waals surface area contributed by atoms with Crippen LogP contribution in [0, 0.1) is 0 Å². The molecule has 1 heterocycles. The predicted octanol–water partition coefficient (Wildman–Crippen LogP) is 5.01. The molecule has 1 aliphatic heterocycles. The Balaban J connectivity index is 1.41. The molecule has 154 valence electrons. The van der Waals surface area contributed by atoms with E-state index in [9.17, 15) is 4.79 Å². The fraction of sp³-hybridized carbons (Fsp3) is 0.208. The van der Waals surface area contributed by atoms with Crippen LogP contribution in [0.2, 0.25) is 5.02 Å². The van der Waals surface area contributed by atoms with Crippen LogP contribution < -0.4 is 15.0 Å². The Hall–Kier alpha value is -3.02. The second-order valence-electron chi connectivity index (χ2n) is 7.01. The van der Waals surface area contributed by atoms with Crippen LogP contribution in [0.5, 0.6) is 5.75 Å². The molecule has 1 fully saturated rings. The normalized spacial score (nSPS) is 13.7. The number of para-hydroxylation sites is 1. The maximum absolute atomic E-state index is 12.8. The van der Waals surface area contributed by atoms with Gasteiger partial charge in [0.1, 0.15) is 12.4 Å². The molecule has 0 aromatic heterocycles. The van der Waals surface area contributed by atoms with E-state index < -0.39 is 0 Å². The first-order valence-electron chi connectivity index (χ1n) is 9.89. The lowest BCUT2D eigenvalue weighted by atomic mass is 10.1. The van der Waals surface area contributed by atoms with Crippen molar-refractivity contribution in [3.8, 4) is 5.75 Å². The average Bonchev–Trinajstić information content (AvgIpc) is 2.80. The van der Waals surface area contributed by atoms with Crippen LogP contribution in [-0.2, 0) is 11.3 Å². The second-order valence-corrected chi connectivity index (χ2v) is 7.45. The second kappa shape index (κ2) is 9.65. The number of nitrogens with zero attached hydrogens (tertiary/aromatic N) is 1. The number of nitrogens with one attached hydrogen (secondary N) is 1. The maximum atomic E-state index is 12.8. The Kier molecular flexibility index (Phi) is 6.52. The van der Waals surface area contributed by atoms with Crippen molar-refractivity contribution in [2.75, 3.05) is 36.5 Å². The van der Waals surface area contributed by atoms with Gasteiger partial charge in [-0.3, -0.25) is 4.79 Å². The van der Waals surface area contributed by atoms with Crippen LogP contribution in [0.1, 0.15) is 15.9 Å². The van der Waals surface area contributed by atoms with Crippen LogP contribution in [-0.4, -0.2) is 32.2 Å². The van der Waals surface area contributed by atoms with Gasteiger partial charge in [-0.05, 0) is 54.1 Å². The molecule has 0 aliphatic carbocycles. The number of carbonyl (C=O) groups excluding carboxylic acids is 1. The van der Waals surface area contributed by atoms with E-state index >= 15 is 0 Å². The molecule has 0 spiro atoms. The molecule has 0 unspecified atom stereocenters. The Morgan fingerprint density at radius 3 is 2.40 bits per heavy atom. The quantitative estimate of drug-likeness (QED) is 0.606. The predicted molar refractivity (Wildman–Crippen MR) is 120 cm³/mol. The van der Waals surface area contributed by atoms with Crippen LogP contribution in [0.3, 0.4) is 0 Å². The van der Waals surface area contributed by atoms with Crippen molar-refractivity contribution in [3.63, 3.8) is 0 Å². The van der Waals surface area contributed by atoms with Gasteiger partial charge in [0.15, 0.2) is 0 Å². The van der Waals surface area contributed by atoms with Crippen LogP contribution in [0.4, 0.5) is 11.4 Å². The average molecular weight is 423 g/mol. The number of ether oxygens (including phenoxy) is 2. The molecule has 1 N–H and O–H groups in total. The summed E-state index contributed by atoms with van der Waals surface area (Å²) in [4.78, 5) is 15.1. The van der Waals surface area contributed by atoms with Gasteiger partial charge < -0.3 is 19.7 Å². The summed E-state index contributed by atoms with van der Waals surface area (Å²) in [5, 5.41) is 3.63. The summed E-state index contributed by atoms with van der Waals surface area (Å²) >= 11 is 5.92. The van der Waals surface area contributed by atoms with Crippen molar-refractivity contribution in [3.05, 3.63) is 88.9 Å². The van der Waals surface area contributed by atoms with Crippen molar-refractivity contribution in [1.29, 1.82) is 0 Å². The number of rotatable bonds is 6. The van der Waals surface area contributed by atoms with E-state index in [2.05, 4.69) is 10.2 Å². The summed E-state index contributed by atoms with van der Waals surface area (Å²) in [7, 11) is 0. The van der Waals surface area contributed by atoms with Crippen LogP contribution in [0.25, 0.3) is 0 Å². The Morgan fingerprint density at radius 2 is 1.67 bits per heavy atom. The first-order valence-corrected chi connectivity index (χ1v) is 10.3. The number of carbonyl (C=O) groups is 1. The highest BCUT2D eigenvalue weighted by Gasteiger charge is 2.14. The number of benzene rings is 3. The van der Waals surface area contributed by atoms with Crippen molar-refractivity contribution in [2.45, 2.75) is 6.61 Å². The minimum absolute atomic E-state index is 0.208. The monoisotopic (exact) mass is 422 g/mol. The standard InChI is InChI=1S/C24H23ClN2O3/c25-19-7-5-18(6-8-19)17-30-23-4-2-1-3-22(23)24(28)26-20-9-11-21(12-10-20)27-13-15-29-16-14-27/h1-12H,13-17H2,(H,26,28). The summed E-state index contributed by atoms with van der Waals surface area (Å²) in [6, 6.07) is 22.5. The van der Waals surface area contributed by atoms with E-state index in [0.29, 0.717) is 22.9 Å². The molecule has 0 bridgehead atoms. The van der Waals surface area contributed by atoms with E-state index in [-0.39, 0.29) is 5.91 Å². The number of hydrogen-bond donors (Lipinski definition) is 1. The van der Waals surface area contributed by atoms with Crippen LogP contribution >= 0.6 is 11.6 Å². The lowest BCUT2D eigenvalue weighted by molar-refractivity contribution is 0.102. The highest BCUT2D eigenvalue weighted by atomic mass is 35.5. The van der Waals surface area contributed by atoms with Gasteiger partial charge in [0.2, 0.25) is 0 Å².